The van der Waals surface area contributed by atoms with Gasteiger partial charge in [0.15, 0.2) is 5.82 Å². The zero-order valence-corrected chi connectivity index (χ0v) is 16.2. The Labute approximate surface area is 165 Å². The van der Waals surface area contributed by atoms with Gasteiger partial charge in [-0.05, 0) is 32.9 Å². The number of benzene rings is 1. The van der Waals surface area contributed by atoms with Crippen LogP contribution in [-0.4, -0.2) is 39.2 Å². The number of alkyl halides is 3. The maximum Gasteiger partial charge on any atom is 0.417 e. The summed E-state index contributed by atoms with van der Waals surface area (Å²) >= 11 is 0. The Bertz CT molecular complexity index is 932. The first-order valence-corrected chi connectivity index (χ1v) is 8.97. The fraction of sp³-hybridized carbons (Fsp3) is 0.421. The summed E-state index contributed by atoms with van der Waals surface area (Å²) < 4.78 is 44.9. The number of carbonyl (C=O) groups is 2. The third-order valence-electron chi connectivity index (χ3n) is 4.29. The smallest absolute Gasteiger partial charge is 0.417 e. The summed E-state index contributed by atoms with van der Waals surface area (Å²) in [5.41, 5.74) is -0.940. The van der Waals surface area contributed by atoms with E-state index in [1.165, 1.54) is 17.0 Å². The van der Waals surface area contributed by atoms with Gasteiger partial charge in [-0.2, -0.15) is 18.3 Å². The predicted octanol–water partition coefficient (Wildman–Crippen LogP) is 3.97. The van der Waals surface area contributed by atoms with Crippen molar-refractivity contribution < 1.29 is 27.5 Å². The van der Waals surface area contributed by atoms with Crippen LogP contribution in [0.15, 0.2) is 24.3 Å². The maximum atomic E-state index is 13.2. The van der Waals surface area contributed by atoms with Gasteiger partial charge in [0.05, 0.1) is 17.7 Å². The second kappa shape index (κ2) is 7.41. The number of aromatic nitrogens is 2. The quantitative estimate of drug-likeness (QED) is 0.784. The van der Waals surface area contributed by atoms with Gasteiger partial charge >= 0.3 is 12.3 Å². The lowest BCUT2D eigenvalue weighted by atomic mass is 10.1. The van der Waals surface area contributed by atoms with Crippen LogP contribution in [0.2, 0.25) is 0 Å². The molecule has 3 rings (SSSR count). The van der Waals surface area contributed by atoms with E-state index >= 15 is 0 Å². The highest BCUT2D eigenvalue weighted by atomic mass is 19.4. The van der Waals surface area contributed by atoms with E-state index in [0.717, 1.165) is 12.1 Å². The molecule has 7 nitrogen and oxygen atoms in total. The number of rotatable bonds is 2. The van der Waals surface area contributed by atoms with Gasteiger partial charge in [0, 0.05) is 24.2 Å². The van der Waals surface area contributed by atoms with E-state index in [1.54, 1.807) is 20.8 Å². The molecular formula is C19H21F3N4O3. The number of halogens is 3. The highest BCUT2D eigenvalue weighted by Crippen LogP contribution is 2.32. The van der Waals surface area contributed by atoms with Crippen molar-refractivity contribution in [3.63, 3.8) is 0 Å². The minimum atomic E-state index is -4.66. The number of fused-ring (bicyclic) bond motifs is 1. The Balaban J connectivity index is 1.80. The number of nitrogens with one attached hydrogen (secondary N) is 2. The Kier molecular flexibility index (Phi) is 5.29. The van der Waals surface area contributed by atoms with Crippen LogP contribution in [0.1, 0.15) is 48.0 Å². The second-order valence-corrected chi connectivity index (χ2v) is 7.68. The predicted molar refractivity (Wildman–Crippen MR) is 98.3 cm³/mol. The van der Waals surface area contributed by atoms with E-state index in [9.17, 15) is 22.8 Å². The van der Waals surface area contributed by atoms with E-state index in [0.29, 0.717) is 24.2 Å². The first-order valence-electron chi connectivity index (χ1n) is 8.97. The highest BCUT2D eigenvalue weighted by Gasteiger charge is 2.35. The van der Waals surface area contributed by atoms with Crippen LogP contribution in [0.4, 0.5) is 23.8 Å². The summed E-state index contributed by atoms with van der Waals surface area (Å²) in [5, 5.41) is 9.20. The highest BCUT2D eigenvalue weighted by molar-refractivity contribution is 6.05. The van der Waals surface area contributed by atoms with Crippen molar-refractivity contribution >= 4 is 17.8 Å². The molecule has 0 fully saturated rings. The number of carbonyl (C=O) groups excluding carboxylic acids is 2. The normalized spacial score (nSPS) is 14.3. The number of hydrogen-bond donors (Lipinski definition) is 2. The van der Waals surface area contributed by atoms with E-state index in [2.05, 4.69) is 15.5 Å². The minimum Gasteiger partial charge on any atom is -0.444 e. The molecule has 0 unspecified atom stereocenters. The van der Waals surface area contributed by atoms with Gasteiger partial charge in [0.2, 0.25) is 0 Å². The van der Waals surface area contributed by atoms with Crippen LogP contribution in [0.25, 0.3) is 0 Å². The van der Waals surface area contributed by atoms with Crippen molar-refractivity contribution in [2.45, 2.75) is 45.5 Å². The molecule has 2 heterocycles. The standard InChI is InChI=1S/C19H21F3N4O3/c1-18(2,3)29-17(28)26-9-8-14-12(10-26)15(25-24-14)23-16(27)11-6-4-5-7-13(11)19(20,21)22/h4-7H,8-10H2,1-3H3,(H2,23,24,25,27). The van der Waals surface area contributed by atoms with Gasteiger partial charge in [0.1, 0.15) is 5.60 Å². The lowest BCUT2D eigenvalue weighted by molar-refractivity contribution is -0.137. The van der Waals surface area contributed by atoms with Crippen molar-refractivity contribution in [3.05, 3.63) is 46.6 Å². The average molecular weight is 410 g/mol. The number of H-pyrrole nitrogens is 1. The average Bonchev–Trinajstić information content (AvgIpc) is 3.01. The van der Waals surface area contributed by atoms with Crippen molar-refractivity contribution in [2.75, 3.05) is 11.9 Å². The van der Waals surface area contributed by atoms with E-state index in [1.807, 2.05) is 0 Å². The summed E-state index contributed by atoms with van der Waals surface area (Å²) in [6.45, 7) is 5.78. The van der Waals surface area contributed by atoms with Gasteiger partial charge < -0.3 is 15.0 Å². The van der Waals surface area contributed by atoms with Crippen molar-refractivity contribution in [1.29, 1.82) is 0 Å². The van der Waals surface area contributed by atoms with E-state index in [-0.39, 0.29) is 12.4 Å². The van der Waals surface area contributed by atoms with Crippen molar-refractivity contribution in [1.82, 2.24) is 15.1 Å². The summed E-state index contributed by atoms with van der Waals surface area (Å²) in [7, 11) is 0. The summed E-state index contributed by atoms with van der Waals surface area (Å²) in [4.78, 5) is 26.3. The Morgan fingerprint density at radius 2 is 1.90 bits per heavy atom. The molecule has 0 aliphatic carbocycles. The SMILES string of the molecule is CC(C)(C)OC(=O)N1CCc2[nH]nc(NC(=O)c3ccccc3C(F)(F)F)c2C1. The first kappa shape index (κ1) is 20.7. The monoisotopic (exact) mass is 410 g/mol. The van der Waals surface area contributed by atoms with E-state index in [4.69, 9.17) is 4.74 Å². The van der Waals surface area contributed by atoms with Gasteiger partial charge in [-0.15, -0.1) is 0 Å². The zero-order chi connectivity index (χ0) is 21.4. The fourth-order valence-corrected chi connectivity index (χ4v) is 2.98. The van der Waals surface area contributed by atoms with Crippen LogP contribution in [0, 0.1) is 0 Å². The Morgan fingerprint density at radius 3 is 2.55 bits per heavy atom. The molecular weight excluding hydrogens is 389 g/mol. The van der Waals surface area contributed by atoms with Crippen molar-refractivity contribution in [2.24, 2.45) is 0 Å². The molecule has 2 N–H and O–H groups in total. The number of anilines is 1. The van der Waals surface area contributed by atoms with Crippen LogP contribution in [0.5, 0.6) is 0 Å². The zero-order valence-electron chi connectivity index (χ0n) is 16.2. The largest absolute Gasteiger partial charge is 0.444 e. The molecule has 0 spiro atoms. The van der Waals surface area contributed by atoms with Gasteiger partial charge in [0.25, 0.3) is 5.91 Å². The van der Waals surface area contributed by atoms with E-state index < -0.39 is 34.9 Å². The molecule has 2 aromatic rings. The number of aromatic amines is 1. The fourth-order valence-electron chi connectivity index (χ4n) is 2.98. The van der Waals surface area contributed by atoms with Gasteiger partial charge in [-0.3, -0.25) is 9.89 Å². The summed E-state index contributed by atoms with van der Waals surface area (Å²) in [5.74, 6) is -0.836. The maximum absolute atomic E-state index is 13.2. The molecule has 0 saturated heterocycles. The lowest BCUT2D eigenvalue weighted by Gasteiger charge is -2.30. The second-order valence-electron chi connectivity index (χ2n) is 7.68. The van der Waals surface area contributed by atoms with Crippen LogP contribution < -0.4 is 5.32 Å². The van der Waals surface area contributed by atoms with Crippen molar-refractivity contribution in [3.8, 4) is 0 Å². The molecule has 1 aliphatic rings. The third-order valence-corrected chi connectivity index (χ3v) is 4.29. The molecule has 0 atom stereocenters. The van der Waals surface area contributed by atoms with Crippen LogP contribution in [0.3, 0.4) is 0 Å². The molecule has 1 aliphatic heterocycles. The topological polar surface area (TPSA) is 87.3 Å². The number of hydrogen-bond acceptors (Lipinski definition) is 4. The molecule has 2 amide bonds. The van der Waals surface area contributed by atoms with Crippen LogP contribution in [-0.2, 0) is 23.9 Å². The minimum absolute atomic E-state index is 0.0928. The lowest BCUT2D eigenvalue weighted by Crippen LogP contribution is -2.40. The number of amides is 2. The summed E-state index contributed by atoms with van der Waals surface area (Å²) in [6, 6.07) is 4.52. The molecule has 0 saturated carbocycles. The number of ether oxygens (including phenoxy) is 1. The van der Waals surface area contributed by atoms with Crippen LogP contribution >= 0.6 is 0 Å². The molecule has 1 aromatic carbocycles. The molecule has 10 heteroatoms. The molecule has 156 valence electrons. The summed E-state index contributed by atoms with van der Waals surface area (Å²) in [6.07, 6.45) is -4.72. The Morgan fingerprint density at radius 1 is 1.21 bits per heavy atom. The van der Waals surface area contributed by atoms with Gasteiger partial charge in [-0.25, -0.2) is 4.79 Å². The molecule has 0 radical (unpaired) electrons. The molecule has 0 bridgehead atoms. The third kappa shape index (κ3) is 4.69. The molecule has 29 heavy (non-hydrogen) atoms. The number of nitrogens with zero attached hydrogens (tertiary/aromatic N) is 2. The van der Waals surface area contributed by atoms with Gasteiger partial charge in [-0.1, -0.05) is 12.1 Å². The Hall–Kier alpha value is -3.04. The molecule has 1 aromatic heterocycles. The first-order chi connectivity index (χ1) is 13.5.